The highest BCUT2D eigenvalue weighted by atomic mass is 19.4. The van der Waals surface area contributed by atoms with E-state index in [1.54, 1.807) is 0 Å². The van der Waals surface area contributed by atoms with Gasteiger partial charge in [-0.25, -0.2) is 0 Å². The SMILES string of the molecule is NCCc1ccc(CN2CC=C(C(F)(F)F)CC2)cc1. The summed E-state index contributed by atoms with van der Waals surface area (Å²) in [7, 11) is 0. The van der Waals surface area contributed by atoms with Gasteiger partial charge in [-0.3, -0.25) is 4.90 Å². The Labute approximate surface area is 117 Å². The van der Waals surface area contributed by atoms with E-state index in [0.717, 1.165) is 12.0 Å². The maximum atomic E-state index is 12.5. The van der Waals surface area contributed by atoms with Crippen molar-refractivity contribution in [3.63, 3.8) is 0 Å². The molecule has 1 heterocycles. The van der Waals surface area contributed by atoms with Gasteiger partial charge < -0.3 is 5.73 Å². The lowest BCUT2D eigenvalue weighted by atomic mass is 10.1. The molecule has 1 aliphatic rings. The van der Waals surface area contributed by atoms with Crippen molar-refractivity contribution in [1.82, 2.24) is 4.90 Å². The van der Waals surface area contributed by atoms with Crippen molar-refractivity contribution in [3.05, 3.63) is 47.0 Å². The molecule has 20 heavy (non-hydrogen) atoms. The normalized spacial score (nSPS) is 17.1. The Morgan fingerprint density at radius 2 is 1.75 bits per heavy atom. The average Bonchev–Trinajstić information content (AvgIpc) is 2.41. The Morgan fingerprint density at radius 3 is 2.25 bits per heavy atom. The van der Waals surface area contributed by atoms with Crippen LogP contribution in [-0.4, -0.2) is 30.7 Å². The molecule has 2 nitrogen and oxygen atoms in total. The van der Waals surface area contributed by atoms with Crippen molar-refractivity contribution in [2.75, 3.05) is 19.6 Å². The lowest BCUT2D eigenvalue weighted by Gasteiger charge is -2.27. The number of halogens is 3. The number of alkyl halides is 3. The zero-order valence-electron chi connectivity index (χ0n) is 11.3. The summed E-state index contributed by atoms with van der Waals surface area (Å²) in [6, 6.07) is 8.11. The minimum absolute atomic E-state index is 0.0781. The van der Waals surface area contributed by atoms with Gasteiger partial charge >= 0.3 is 6.18 Å². The minimum Gasteiger partial charge on any atom is -0.330 e. The van der Waals surface area contributed by atoms with Crippen LogP contribution in [0.2, 0.25) is 0 Å². The summed E-state index contributed by atoms with van der Waals surface area (Å²) in [5, 5.41) is 0. The number of nitrogens with zero attached hydrogens (tertiary/aromatic N) is 1. The van der Waals surface area contributed by atoms with Gasteiger partial charge in [0.2, 0.25) is 0 Å². The third-order valence-electron chi connectivity index (χ3n) is 3.52. The molecule has 0 bridgehead atoms. The van der Waals surface area contributed by atoms with Crippen LogP contribution < -0.4 is 5.73 Å². The third kappa shape index (κ3) is 4.08. The van der Waals surface area contributed by atoms with Crippen LogP contribution in [0.5, 0.6) is 0 Å². The molecule has 1 aliphatic heterocycles. The highest BCUT2D eigenvalue weighted by Gasteiger charge is 2.34. The van der Waals surface area contributed by atoms with Crippen LogP contribution in [0.1, 0.15) is 17.5 Å². The highest BCUT2D eigenvalue weighted by Crippen LogP contribution is 2.30. The van der Waals surface area contributed by atoms with Crippen molar-refractivity contribution in [3.8, 4) is 0 Å². The molecule has 0 unspecified atom stereocenters. The molecule has 2 rings (SSSR count). The van der Waals surface area contributed by atoms with Crippen LogP contribution in [0.15, 0.2) is 35.9 Å². The largest absolute Gasteiger partial charge is 0.412 e. The molecule has 0 saturated carbocycles. The maximum absolute atomic E-state index is 12.5. The van der Waals surface area contributed by atoms with E-state index < -0.39 is 11.7 Å². The number of hydrogen-bond acceptors (Lipinski definition) is 2. The molecule has 0 atom stereocenters. The number of hydrogen-bond donors (Lipinski definition) is 1. The van der Waals surface area contributed by atoms with Crippen LogP contribution >= 0.6 is 0 Å². The summed E-state index contributed by atoms with van der Waals surface area (Å²) in [5.41, 5.74) is 7.40. The van der Waals surface area contributed by atoms with E-state index in [2.05, 4.69) is 0 Å². The summed E-state index contributed by atoms with van der Waals surface area (Å²) in [6.45, 7) is 2.12. The monoisotopic (exact) mass is 284 g/mol. The van der Waals surface area contributed by atoms with E-state index in [4.69, 9.17) is 5.73 Å². The molecule has 0 radical (unpaired) electrons. The second-order valence-electron chi connectivity index (χ2n) is 5.07. The molecular weight excluding hydrogens is 265 g/mol. The van der Waals surface area contributed by atoms with Gasteiger partial charge in [-0.15, -0.1) is 0 Å². The zero-order valence-corrected chi connectivity index (χ0v) is 11.3. The van der Waals surface area contributed by atoms with Crippen LogP contribution in [0, 0.1) is 0 Å². The first-order valence-electron chi connectivity index (χ1n) is 6.75. The summed E-state index contributed by atoms with van der Waals surface area (Å²) in [6.07, 6.45) is -1.95. The summed E-state index contributed by atoms with van der Waals surface area (Å²) in [4.78, 5) is 2.02. The van der Waals surface area contributed by atoms with Gasteiger partial charge in [-0.05, 0) is 30.5 Å². The summed E-state index contributed by atoms with van der Waals surface area (Å²) < 4.78 is 37.5. The Bertz CT molecular complexity index is 463. The molecule has 0 aliphatic carbocycles. The van der Waals surface area contributed by atoms with Gasteiger partial charge in [0.05, 0.1) is 0 Å². The molecule has 1 aromatic rings. The van der Waals surface area contributed by atoms with Crippen LogP contribution in [0.4, 0.5) is 13.2 Å². The zero-order chi connectivity index (χ0) is 14.6. The quantitative estimate of drug-likeness (QED) is 0.861. The standard InChI is InChI=1S/C15H19F3N2/c16-15(17,18)14-6-9-20(10-7-14)11-13-3-1-12(2-4-13)5-8-19/h1-4,6H,5,7-11,19H2. The molecule has 0 saturated heterocycles. The smallest absolute Gasteiger partial charge is 0.330 e. The van der Waals surface area contributed by atoms with E-state index in [1.807, 2.05) is 29.2 Å². The summed E-state index contributed by atoms with van der Waals surface area (Å²) >= 11 is 0. The van der Waals surface area contributed by atoms with Crippen molar-refractivity contribution >= 4 is 0 Å². The van der Waals surface area contributed by atoms with E-state index in [1.165, 1.54) is 11.6 Å². The summed E-state index contributed by atoms with van der Waals surface area (Å²) in [5.74, 6) is 0. The molecule has 0 aromatic heterocycles. The molecule has 110 valence electrons. The Hall–Kier alpha value is -1.33. The van der Waals surface area contributed by atoms with Crippen molar-refractivity contribution < 1.29 is 13.2 Å². The molecule has 1 aromatic carbocycles. The fourth-order valence-corrected chi connectivity index (χ4v) is 2.35. The topological polar surface area (TPSA) is 29.3 Å². The van der Waals surface area contributed by atoms with Crippen LogP contribution in [-0.2, 0) is 13.0 Å². The molecule has 2 N–H and O–H groups in total. The predicted octanol–water partition coefficient (Wildman–Crippen LogP) is 2.88. The van der Waals surface area contributed by atoms with E-state index in [-0.39, 0.29) is 6.42 Å². The maximum Gasteiger partial charge on any atom is 0.412 e. The first kappa shape index (κ1) is 15.1. The first-order valence-corrected chi connectivity index (χ1v) is 6.75. The van der Waals surface area contributed by atoms with Gasteiger partial charge in [0, 0.05) is 25.2 Å². The van der Waals surface area contributed by atoms with Gasteiger partial charge in [-0.1, -0.05) is 30.3 Å². The fraction of sp³-hybridized carbons (Fsp3) is 0.467. The lowest BCUT2D eigenvalue weighted by molar-refractivity contribution is -0.0960. The average molecular weight is 284 g/mol. The fourth-order valence-electron chi connectivity index (χ4n) is 2.35. The van der Waals surface area contributed by atoms with E-state index in [9.17, 15) is 13.2 Å². The molecular formula is C15H19F3N2. The van der Waals surface area contributed by atoms with Gasteiger partial charge in [0.15, 0.2) is 0 Å². The van der Waals surface area contributed by atoms with Gasteiger partial charge in [0.25, 0.3) is 0 Å². The van der Waals surface area contributed by atoms with Crippen molar-refractivity contribution in [2.24, 2.45) is 5.73 Å². The number of nitrogens with two attached hydrogens (primary N) is 1. The number of rotatable bonds is 4. The first-order chi connectivity index (χ1) is 9.49. The minimum atomic E-state index is -4.17. The van der Waals surface area contributed by atoms with Crippen molar-refractivity contribution in [1.29, 1.82) is 0 Å². The number of benzene rings is 1. The lowest BCUT2D eigenvalue weighted by Crippen LogP contribution is -2.31. The van der Waals surface area contributed by atoms with Crippen LogP contribution in [0.3, 0.4) is 0 Å². The van der Waals surface area contributed by atoms with Crippen molar-refractivity contribution in [2.45, 2.75) is 25.6 Å². The molecule has 0 fully saturated rings. The predicted molar refractivity (Wildman–Crippen MR) is 73.2 cm³/mol. The Balaban J connectivity index is 1.91. The molecule has 0 spiro atoms. The van der Waals surface area contributed by atoms with Crippen LogP contribution in [0.25, 0.3) is 0 Å². The van der Waals surface area contributed by atoms with Gasteiger partial charge in [-0.2, -0.15) is 13.2 Å². The molecule has 0 amide bonds. The highest BCUT2D eigenvalue weighted by molar-refractivity contribution is 5.23. The second-order valence-corrected chi connectivity index (χ2v) is 5.07. The Morgan fingerprint density at radius 1 is 1.10 bits per heavy atom. The van der Waals surface area contributed by atoms with Gasteiger partial charge in [0.1, 0.15) is 0 Å². The van der Waals surface area contributed by atoms with E-state index >= 15 is 0 Å². The Kier molecular flexibility index (Phi) is 4.83. The second kappa shape index (κ2) is 6.41. The van der Waals surface area contributed by atoms with E-state index in [0.29, 0.717) is 26.2 Å². The molecule has 5 heteroatoms. The third-order valence-corrected chi connectivity index (χ3v) is 3.52.